The van der Waals surface area contributed by atoms with Crippen LogP contribution in [0.3, 0.4) is 0 Å². The molecule has 0 saturated carbocycles. The van der Waals surface area contributed by atoms with Crippen LogP contribution in [0.15, 0.2) is 35.7 Å². The second-order valence-electron chi connectivity index (χ2n) is 7.39. The number of hydrogen-bond acceptors (Lipinski definition) is 4. The molecule has 0 spiro atoms. The molecule has 0 radical (unpaired) electrons. The van der Waals surface area contributed by atoms with Gasteiger partial charge >= 0.3 is 0 Å². The van der Waals surface area contributed by atoms with Gasteiger partial charge < -0.3 is 9.64 Å². The predicted molar refractivity (Wildman–Crippen MR) is 111 cm³/mol. The lowest BCUT2D eigenvalue weighted by Crippen LogP contribution is -2.45. The molecule has 4 nitrogen and oxygen atoms in total. The molecule has 27 heavy (non-hydrogen) atoms. The van der Waals surface area contributed by atoms with Crippen LogP contribution in [0.2, 0.25) is 0 Å². The highest BCUT2D eigenvalue weighted by Crippen LogP contribution is 2.23. The van der Waals surface area contributed by atoms with Gasteiger partial charge in [0.2, 0.25) is 5.91 Å². The standard InChI is InChI=1S/C22H28N2O2S/c1-16(2)21-6-4-5-13-24(21)22(25)12-9-18-7-10-20(11-8-18)26-14-19-15-27-17(3)23-19/h7-12,15-16,21H,4-6,13-14H2,1-3H3. The SMILES string of the molecule is Cc1nc(COc2ccc(C=CC(=O)N3CCCCC3C(C)C)cc2)cs1. The lowest BCUT2D eigenvalue weighted by molar-refractivity contribution is -0.130. The van der Waals surface area contributed by atoms with Crippen molar-refractivity contribution in [1.29, 1.82) is 0 Å². The summed E-state index contributed by atoms with van der Waals surface area (Å²) >= 11 is 1.63. The number of nitrogens with zero attached hydrogens (tertiary/aromatic N) is 2. The quantitative estimate of drug-likeness (QED) is 0.652. The van der Waals surface area contributed by atoms with Gasteiger partial charge in [-0.3, -0.25) is 4.79 Å². The van der Waals surface area contributed by atoms with Crippen molar-refractivity contribution in [1.82, 2.24) is 9.88 Å². The molecule has 0 aliphatic carbocycles. The average Bonchev–Trinajstić information content (AvgIpc) is 3.10. The highest BCUT2D eigenvalue weighted by atomic mass is 32.1. The van der Waals surface area contributed by atoms with E-state index in [9.17, 15) is 4.79 Å². The van der Waals surface area contributed by atoms with Crippen molar-refractivity contribution in [2.45, 2.75) is 52.7 Å². The normalized spacial score (nSPS) is 17.6. The summed E-state index contributed by atoms with van der Waals surface area (Å²) in [6, 6.07) is 8.17. The fourth-order valence-electron chi connectivity index (χ4n) is 3.49. The van der Waals surface area contributed by atoms with Gasteiger partial charge in [-0.15, -0.1) is 11.3 Å². The molecule has 1 aliphatic heterocycles. The largest absolute Gasteiger partial charge is 0.487 e. The molecule has 1 fully saturated rings. The fraction of sp³-hybridized carbons (Fsp3) is 0.455. The summed E-state index contributed by atoms with van der Waals surface area (Å²) in [5.74, 6) is 1.42. The fourth-order valence-corrected chi connectivity index (χ4v) is 4.09. The number of aromatic nitrogens is 1. The zero-order valence-electron chi connectivity index (χ0n) is 16.4. The molecule has 144 valence electrons. The Hall–Kier alpha value is -2.14. The maximum absolute atomic E-state index is 12.6. The molecule has 3 rings (SSSR count). The Morgan fingerprint density at radius 1 is 1.33 bits per heavy atom. The van der Waals surface area contributed by atoms with Gasteiger partial charge in [-0.1, -0.05) is 26.0 Å². The summed E-state index contributed by atoms with van der Waals surface area (Å²) in [5, 5.41) is 3.07. The van der Waals surface area contributed by atoms with Crippen LogP contribution in [0.1, 0.15) is 49.4 Å². The molecule has 5 heteroatoms. The molecular weight excluding hydrogens is 356 g/mol. The van der Waals surface area contributed by atoms with Gasteiger partial charge in [-0.2, -0.15) is 0 Å². The van der Waals surface area contributed by atoms with Crippen LogP contribution < -0.4 is 4.74 Å². The van der Waals surface area contributed by atoms with Crippen LogP contribution in [0.5, 0.6) is 5.75 Å². The number of benzene rings is 1. The van der Waals surface area contributed by atoms with Crippen LogP contribution in [0, 0.1) is 12.8 Å². The maximum atomic E-state index is 12.6. The van der Waals surface area contributed by atoms with Crippen LogP contribution in [0.4, 0.5) is 0 Å². The molecule has 0 bridgehead atoms. The van der Waals surface area contributed by atoms with E-state index in [0.717, 1.165) is 41.4 Å². The molecule has 1 aromatic heterocycles. The molecule has 2 aromatic rings. The predicted octanol–water partition coefficient (Wildman–Crippen LogP) is 5.08. The Morgan fingerprint density at radius 2 is 2.11 bits per heavy atom. The molecule has 0 N–H and O–H groups in total. The van der Waals surface area contributed by atoms with E-state index in [2.05, 4.69) is 18.8 Å². The van der Waals surface area contributed by atoms with Gasteiger partial charge in [0.1, 0.15) is 12.4 Å². The van der Waals surface area contributed by atoms with Crippen molar-refractivity contribution in [3.63, 3.8) is 0 Å². The number of rotatable bonds is 6. The summed E-state index contributed by atoms with van der Waals surface area (Å²) in [6.07, 6.45) is 7.03. The first-order chi connectivity index (χ1) is 13.0. The zero-order valence-corrected chi connectivity index (χ0v) is 17.2. The Labute approximate surface area is 165 Å². The number of ether oxygens (including phenoxy) is 1. The smallest absolute Gasteiger partial charge is 0.246 e. The van der Waals surface area contributed by atoms with Crippen molar-refractivity contribution in [2.24, 2.45) is 5.92 Å². The minimum absolute atomic E-state index is 0.118. The molecule has 1 unspecified atom stereocenters. The molecular formula is C22H28N2O2S. The maximum Gasteiger partial charge on any atom is 0.246 e. The van der Waals surface area contributed by atoms with E-state index >= 15 is 0 Å². The van der Waals surface area contributed by atoms with Gasteiger partial charge in [0, 0.05) is 24.0 Å². The first-order valence-corrected chi connectivity index (χ1v) is 10.5. The zero-order chi connectivity index (χ0) is 19.2. The van der Waals surface area contributed by atoms with Gasteiger partial charge in [0.05, 0.1) is 10.7 Å². The first-order valence-electron chi connectivity index (χ1n) is 9.65. The van der Waals surface area contributed by atoms with Crippen LogP contribution in [0.25, 0.3) is 6.08 Å². The highest BCUT2D eigenvalue weighted by molar-refractivity contribution is 7.09. The second-order valence-corrected chi connectivity index (χ2v) is 8.45. The number of amides is 1. The summed E-state index contributed by atoms with van der Waals surface area (Å²) in [7, 11) is 0. The Morgan fingerprint density at radius 3 is 2.78 bits per heavy atom. The Kier molecular flexibility index (Phi) is 6.67. The van der Waals surface area contributed by atoms with E-state index in [1.807, 2.05) is 47.5 Å². The molecule has 1 saturated heterocycles. The van der Waals surface area contributed by atoms with E-state index in [1.54, 1.807) is 17.4 Å². The number of carbonyl (C=O) groups is 1. The molecule has 1 aliphatic rings. The van der Waals surface area contributed by atoms with E-state index in [-0.39, 0.29) is 5.91 Å². The van der Waals surface area contributed by atoms with Crippen LogP contribution in [-0.2, 0) is 11.4 Å². The number of aryl methyl sites for hydroxylation is 1. The van der Waals surface area contributed by atoms with E-state index in [4.69, 9.17) is 4.74 Å². The van der Waals surface area contributed by atoms with Crippen LogP contribution in [-0.4, -0.2) is 28.4 Å². The summed E-state index contributed by atoms with van der Waals surface area (Å²) in [4.78, 5) is 19.1. The van der Waals surface area contributed by atoms with Crippen molar-refractivity contribution in [2.75, 3.05) is 6.54 Å². The number of hydrogen-bond donors (Lipinski definition) is 0. The number of thiazole rings is 1. The van der Waals surface area contributed by atoms with E-state index in [1.165, 1.54) is 6.42 Å². The summed E-state index contributed by atoms with van der Waals surface area (Å²) < 4.78 is 5.77. The van der Waals surface area contributed by atoms with E-state index < -0.39 is 0 Å². The Bertz CT molecular complexity index is 780. The van der Waals surface area contributed by atoms with Crippen molar-refractivity contribution < 1.29 is 9.53 Å². The van der Waals surface area contributed by atoms with Crippen molar-refractivity contribution in [3.05, 3.63) is 52.0 Å². The summed E-state index contributed by atoms with van der Waals surface area (Å²) in [5.41, 5.74) is 1.95. The topological polar surface area (TPSA) is 42.4 Å². The number of likely N-dealkylation sites (tertiary alicyclic amines) is 1. The third-order valence-electron chi connectivity index (χ3n) is 4.95. The van der Waals surface area contributed by atoms with Gasteiger partial charge in [-0.25, -0.2) is 4.98 Å². The van der Waals surface area contributed by atoms with Gasteiger partial charge in [-0.05, 0) is 55.9 Å². The minimum Gasteiger partial charge on any atom is -0.487 e. The number of piperidine rings is 1. The lowest BCUT2D eigenvalue weighted by Gasteiger charge is -2.37. The van der Waals surface area contributed by atoms with Crippen molar-refractivity contribution in [3.8, 4) is 5.75 Å². The molecule has 1 atom stereocenters. The van der Waals surface area contributed by atoms with Crippen LogP contribution >= 0.6 is 11.3 Å². The average molecular weight is 385 g/mol. The van der Waals surface area contributed by atoms with Crippen molar-refractivity contribution >= 4 is 23.3 Å². The number of carbonyl (C=O) groups excluding carboxylic acids is 1. The Balaban J connectivity index is 1.56. The first kappa shape index (κ1) is 19.6. The minimum atomic E-state index is 0.118. The molecule has 1 amide bonds. The summed E-state index contributed by atoms with van der Waals surface area (Å²) in [6.45, 7) is 7.74. The molecule has 1 aromatic carbocycles. The highest BCUT2D eigenvalue weighted by Gasteiger charge is 2.27. The second kappa shape index (κ2) is 9.18. The van der Waals surface area contributed by atoms with Gasteiger partial charge in [0.25, 0.3) is 0 Å². The third-order valence-corrected chi connectivity index (χ3v) is 5.78. The van der Waals surface area contributed by atoms with E-state index in [0.29, 0.717) is 18.6 Å². The third kappa shape index (κ3) is 5.42. The van der Waals surface area contributed by atoms with Gasteiger partial charge in [0.15, 0.2) is 0 Å². The monoisotopic (exact) mass is 384 g/mol. The molecule has 2 heterocycles. The lowest BCUT2D eigenvalue weighted by atomic mass is 9.92.